The van der Waals surface area contributed by atoms with Crippen LogP contribution in [0.5, 0.6) is 5.75 Å². The molecule has 4 nitrogen and oxygen atoms in total. The molecule has 0 bridgehead atoms. The van der Waals surface area contributed by atoms with Crippen LogP contribution in [0.4, 0.5) is 4.39 Å². The first-order valence-corrected chi connectivity index (χ1v) is 9.95. The Kier molecular flexibility index (Phi) is 5.11. The van der Waals surface area contributed by atoms with Crippen molar-refractivity contribution in [1.82, 2.24) is 4.90 Å². The van der Waals surface area contributed by atoms with Gasteiger partial charge >= 0.3 is 0 Å². The maximum absolute atomic E-state index is 13.7. The van der Waals surface area contributed by atoms with E-state index in [1.165, 1.54) is 12.1 Å². The Morgan fingerprint density at radius 2 is 1.96 bits per heavy atom. The molecule has 2 aromatic rings. The quantitative estimate of drug-likeness (QED) is 0.858. The Morgan fingerprint density at radius 1 is 1.18 bits per heavy atom. The van der Waals surface area contributed by atoms with Crippen LogP contribution >= 0.6 is 0 Å². The largest absolute Gasteiger partial charge is 0.497 e. The van der Waals surface area contributed by atoms with Gasteiger partial charge in [-0.25, -0.2) is 4.39 Å². The number of carbonyl (C=O) groups is 1. The van der Waals surface area contributed by atoms with Gasteiger partial charge in [0.2, 0.25) is 0 Å². The second-order valence-electron chi connectivity index (χ2n) is 7.93. The second kappa shape index (κ2) is 7.55. The molecule has 0 spiro atoms. The van der Waals surface area contributed by atoms with Crippen LogP contribution in [0.3, 0.4) is 0 Å². The van der Waals surface area contributed by atoms with E-state index in [1.54, 1.807) is 19.2 Å². The molecule has 4 rings (SSSR count). The molecule has 1 saturated carbocycles. The van der Waals surface area contributed by atoms with Crippen LogP contribution in [-0.4, -0.2) is 35.2 Å². The van der Waals surface area contributed by atoms with E-state index in [9.17, 15) is 14.3 Å². The molecule has 2 fully saturated rings. The predicted octanol–water partition coefficient (Wildman–Crippen LogP) is 4.34. The highest BCUT2D eigenvalue weighted by atomic mass is 19.1. The van der Waals surface area contributed by atoms with Gasteiger partial charge in [0.05, 0.1) is 18.8 Å². The SMILES string of the molecule is COc1ccc([C@@H]2[C@H]3CCCC[C@@]3(O)CCN2C(=O)c2cccc(F)c2)cc1. The first-order valence-electron chi connectivity index (χ1n) is 9.95. The first kappa shape index (κ1) is 18.9. The Bertz CT molecular complexity index is 853. The summed E-state index contributed by atoms with van der Waals surface area (Å²) in [7, 11) is 1.62. The van der Waals surface area contributed by atoms with Gasteiger partial charge in [0, 0.05) is 18.0 Å². The number of halogens is 1. The molecule has 0 radical (unpaired) electrons. The van der Waals surface area contributed by atoms with E-state index >= 15 is 0 Å². The normalized spacial score (nSPS) is 27.2. The average molecular weight is 383 g/mol. The number of aliphatic hydroxyl groups is 1. The molecular weight excluding hydrogens is 357 g/mol. The van der Waals surface area contributed by atoms with Crippen LogP contribution in [0.15, 0.2) is 48.5 Å². The first-order chi connectivity index (χ1) is 13.5. The number of carbonyl (C=O) groups excluding carboxylic acids is 1. The predicted molar refractivity (Wildman–Crippen MR) is 105 cm³/mol. The molecule has 0 aromatic heterocycles. The van der Waals surface area contributed by atoms with Gasteiger partial charge < -0.3 is 14.7 Å². The van der Waals surface area contributed by atoms with Gasteiger partial charge in [0.15, 0.2) is 0 Å². The van der Waals surface area contributed by atoms with Crippen LogP contribution in [0.25, 0.3) is 0 Å². The third-order valence-corrected chi connectivity index (χ3v) is 6.36. The summed E-state index contributed by atoms with van der Waals surface area (Å²) in [6.07, 6.45) is 4.26. The summed E-state index contributed by atoms with van der Waals surface area (Å²) < 4.78 is 19.0. The number of hydrogen-bond acceptors (Lipinski definition) is 3. The fraction of sp³-hybridized carbons (Fsp3) is 0.435. The van der Waals surface area contributed by atoms with Crippen LogP contribution in [-0.2, 0) is 0 Å². The number of methoxy groups -OCH3 is 1. The summed E-state index contributed by atoms with van der Waals surface area (Å²) in [5.74, 6) is 0.119. The average Bonchev–Trinajstić information content (AvgIpc) is 2.72. The van der Waals surface area contributed by atoms with E-state index in [-0.39, 0.29) is 17.9 Å². The topological polar surface area (TPSA) is 49.8 Å². The van der Waals surface area contributed by atoms with Crippen molar-refractivity contribution in [3.8, 4) is 5.75 Å². The maximum atomic E-state index is 13.7. The van der Waals surface area contributed by atoms with E-state index in [0.29, 0.717) is 18.5 Å². The Labute approximate surface area is 164 Å². The molecule has 1 N–H and O–H groups in total. The number of nitrogens with zero attached hydrogens (tertiary/aromatic N) is 1. The molecular formula is C23H26FNO3. The fourth-order valence-corrected chi connectivity index (χ4v) is 4.91. The Balaban J connectivity index is 1.74. The number of rotatable bonds is 3. The van der Waals surface area contributed by atoms with Gasteiger partial charge in [-0.1, -0.05) is 31.0 Å². The molecule has 1 saturated heterocycles. The standard InChI is InChI=1S/C23H26FNO3/c1-28-19-10-8-16(9-11-19)21-20-7-2-3-12-23(20,27)13-14-25(21)22(26)17-5-4-6-18(24)15-17/h4-6,8-11,15,20-21,27H,2-3,7,12-14H2,1H3/t20-,21-,23-/m1/s1. The summed E-state index contributed by atoms with van der Waals surface area (Å²) in [4.78, 5) is 15.1. The molecule has 1 amide bonds. The van der Waals surface area contributed by atoms with E-state index in [0.717, 1.165) is 37.0 Å². The van der Waals surface area contributed by atoms with Gasteiger partial charge in [0.1, 0.15) is 11.6 Å². The van der Waals surface area contributed by atoms with Crippen LogP contribution in [0, 0.1) is 11.7 Å². The second-order valence-corrected chi connectivity index (χ2v) is 7.93. The number of piperidine rings is 1. The molecule has 3 atom stereocenters. The zero-order chi connectivity index (χ0) is 19.7. The van der Waals surface area contributed by atoms with E-state index in [1.807, 2.05) is 29.2 Å². The highest BCUT2D eigenvalue weighted by Gasteiger charge is 2.50. The van der Waals surface area contributed by atoms with Gasteiger partial charge in [0.25, 0.3) is 5.91 Å². The third-order valence-electron chi connectivity index (χ3n) is 6.36. The minimum Gasteiger partial charge on any atom is -0.497 e. The third kappa shape index (κ3) is 3.39. The van der Waals surface area contributed by atoms with Crippen molar-refractivity contribution >= 4 is 5.91 Å². The van der Waals surface area contributed by atoms with Crippen LogP contribution < -0.4 is 4.74 Å². The summed E-state index contributed by atoms with van der Waals surface area (Å²) in [6.45, 7) is 0.457. The van der Waals surface area contributed by atoms with Crippen molar-refractivity contribution in [2.75, 3.05) is 13.7 Å². The molecule has 2 aliphatic rings. The number of fused-ring (bicyclic) bond motifs is 1. The van der Waals surface area contributed by atoms with Crippen LogP contribution in [0.1, 0.15) is 54.1 Å². The highest BCUT2D eigenvalue weighted by molar-refractivity contribution is 5.94. The van der Waals surface area contributed by atoms with Crippen molar-refractivity contribution in [1.29, 1.82) is 0 Å². The maximum Gasteiger partial charge on any atom is 0.254 e. The lowest BCUT2D eigenvalue weighted by atomic mass is 9.66. The van der Waals surface area contributed by atoms with E-state index in [4.69, 9.17) is 4.74 Å². The fourth-order valence-electron chi connectivity index (χ4n) is 4.91. The molecule has 148 valence electrons. The molecule has 1 aliphatic carbocycles. The highest BCUT2D eigenvalue weighted by Crippen LogP contribution is 2.49. The Morgan fingerprint density at radius 3 is 2.68 bits per heavy atom. The zero-order valence-corrected chi connectivity index (χ0v) is 16.1. The van der Waals surface area contributed by atoms with Crippen molar-refractivity contribution in [2.24, 2.45) is 5.92 Å². The van der Waals surface area contributed by atoms with Crippen molar-refractivity contribution in [3.05, 3.63) is 65.5 Å². The molecule has 1 heterocycles. The summed E-state index contributed by atoms with van der Waals surface area (Å²) in [5, 5.41) is 11.3. The monoisotopic (exact) mass is 383 g/mol. The molecule has 5 heteroatoms. The smallest absolute Gasteiger partial charge is 0.254 e. The van der Waals surface area contributed by atoms with E-state index in [2.05, 4.69) is 0 Å². The number of hydrogen-bond donors (Lipinski definition) is 1. The number of likely N-dealkylation sites (tertiary alicyclic amines) is 1. The number of amides is 1. The summed E-state index contributed by atoms with van der Waals surface area (Å²) >= 11 is 0. The minimum atomic E-state index is -0.748. The van der Waals surface area contributed by atoms with Crippen molar-refractivity contribution in [2.45, 2.75) is 43.7 Å². The van der Waals surface area contributed by atoms with Gasteiger partial charge in [-0.05, 0) is 55.2 Å². The van der Waals surface area contributed by atoms with Gasteiger partial charge in [-0.3, -0.25) is 4.79 Å². The van der Waals surface area contributed by atoms with Gasteiger partial charge in [-0.15, -0.1) is 0 Å². The zero-order valence-electron chi connectivity index (χ0n) is 16.1. The molecule has 2 aromatic carbocycles. The lowest BCUT2D eigenvalue weighted by Crippen LogP contribution is -2.56. The molecule has 28 heavy (non-hydrogen) atoms. The van der Waals surface area contributed by atoms with Gasteiger partial charge in [-0.2, -0.15) is 0 Å². The van der Waals surface area contributed by atoms with E-state index < -0.39 is 11.4 Å². The Hall–Kier alpha value is -2.40. The molecule has 0 unspecified atom stereocenters. The van der Waals surface area contributed by atoms with Crippen LogP contribution in [0.2, 0.25) is 0 Å². The van der Waals surface area contributed by atoms with Crippen molar-refractivity contribution in [3.63, 3.8) is 0 Å². The summed E-state index contributed by atoms with van der Waals surface area (Å²) in [5.41, 5.74) is 0.581. The van der Waals surface area contributed by atoms with Crippen molar-refractivity contribution < 1.29 is 19.0 Å². The lowest BCUT2D eigenvalue weighted by molar-refractivity contribution is -0.115. The molecule has 1 aliphatic heterocycles. The lowest BCUT2D eigenvalue weighted by Gasteiger charge is -2.52. The number of benzene rings is 2. The minimum absolute atomic E-state index is 0.0269. The number of ether oxygens (including phenoxy) is 1. The summed E-state index contributed by atoms with van der Waals surface area (Å²) in [6, 6.07) is 13.3.